The zero-order valence-corrected chi connectivity index (χ0v) is 15.3. The molecule has 24 heavy (non-hydrogen) atoms. The molecule has 2 N–H and O–H groups in total. The highest BCUT2D eigenvalue weighted by Gasteiger charge is 2.41. The minimum Gasteiger partial charge on any atom is -0.495 e. The van der Waals surface area contributed by atoms with Gasteiger partial charge in [0.05, 0.1) is 29.2 Å². The molecule has 0 unspecified atom stereocenters. The lowest BCUT2D eigenvalue weighted by Crippen LogP contribution is -2.46. The second-order valence-electron chi connectivity index (χ2n) is 6.05. The van der Waals surface area contributed by atoms with Gasteiger partial charge in [0.1, 0.15) is 5.75 Å². The molecule has 0 aliphatic carbocycles. The van der Waals surface area contributed by atoms with Crippen molar-refractivity contribution in [2.45, 2.75) is 30.7 Å². The average Bonchev–Trinajstić information content (AvgIpc) is 2.70. The summed E-state index contributed by atoms with van der Waals surface area (Å²) in [4.78, 5) is 11.2. The molecule has 1 atom stereocenters. The van der Waals surface area contributed by atoms with E-state index in [-0.39, 0.29) is 34.4 Å². The molecule has 0 spiro atoms. The van der Waals surface area contributed by atoms with E-state index in [4.69, 9.17) is 4.74 Å². The summed E-state index contributed by atoms with van der Waals surface area (Å²) in [6.45, 7) is 2.86. The number of sulfonamides is 1. The van der Waals surface area contributed by atoms with Crippen molar-refractivity contribution < 1.29 is 26.4 Å². The van der Waals surface area contributed by atoms with E-state index >= 15 is 0 Å². The largest absolute Gasteiger partial charge is 0.495 e. The summed E-state index contributed by atoms with van der Waals surface area (Å²) in [7, 11) is -5.80. The molecule has 1 aliphatic heterocycles. The van der Waals surface area contributed by atoms with Crippen LogP contribution in [0.25, 0.3) is 0 Å². The van der Waals surface area contributed by atoms with E-state index in [0.29, 0.717) is 5.75 Å². The Hall–Kier alpha value is -1.65. The number of nitrogens with one attached hydrogen (secondary N) is 2. The van der Waals surface area contributed by atoms with Crippen LogP contribution in [0.3, 0.4) is 0 Å². The number of ether oxygens (including phenoxy) is 1. The predicted octanol–water partition coefficient (Wildman–Crippen LogP) is 0.509. The molecule has 1 fully saturated rings. The summed E-state index contributed by atoms with van der Waals surface area (Å²) < 4.78 is 56.0. The van der Waals surface area contributed by atoms with Crippen molar-refractivity contribution in [1.82, 2.24) is 4.72 Å². The third-order valence-electron chi connectivity index (χ3n) is 3.68. The smallest absolute Gasteiger partial charge is 0.241 e. The maximum absolute atomic E-state index is 12.6. The van der Waals surface area contributed by atoms with Gasteiger partial charge < -0.3 is 10.1 Å². The fraction of sp³-hybridized carbons (Fsp3) is 0.500. The quantitative estimate of drug-likeness (QED) is 0.773. The highest BCUT2D eigenvalue weighted by molar-refractivity contribution is 7.92. The van der Waals surface area contributed by atoms with Crippen molar-refractivity contribution in [1.29, 1.82) is 0 Å². The Morgan fingerprint density at radius 1 is 1.33 bits per heavy atom. The molecule has 10 heteroatoms. The fourth-order valence-electron chi connectivity index (χ4n) is 2.62. The highest BCUT2D eigenvalue weighted by Crippen LogP contribution is 2.30. The van der Waals surface area contributed by atoms with Gasteiger partial charge in [0.2, 0.25) is 15.9 Å². The second kappa shape index (κ2) is 6.34. The van der Waals surface area contributed by atoms with Gasteiger partial charge in [0, 0.05) is 12.5 Å². The number of sulfone groups is 1. The normalized spacial score (nSPS) is 23.0. The van der Waals surface area contributed by atoms with Gasteiger partial charge in [-0.25, -0.2) is 21.6 Å². The van der Waals surface area contributed by atoms with Gasteiger partial charge in [-0.2, -0.15) is 0 Å². The number of rotatable bonds is 5. The Labute approximate surface area is 141 Å². The molecule has 0 bridgehead atoms. The first kappa shape index (κ1) is 18.7. The van der Waals surface area contributed by atoms with Crippen LogP contribution in [0, 0.1) is 0 Å². The predicted molar refractivity (Wildman–Crippen MR) is 89.3 cm³/mol. The summed E-state index contributed by atoms with van der Waals surface area (Å²) in [6, 6.07) is 4.03. The molecule has 134 valence electrons. The van der Waals surface area contributed by atoms with Crippen LogP contribution in [0.15, 0.2) is 23.1 Å². The number of methoxy groups -OCH3 is 1. The SMILES string of the molecule is COc1ccc(S(=O)(=O)N[C@@]2(C)CCS(=O)(=O)C2)cc1NC(C)=O. The highest BCUT2D eigenvalue weighted by atomic mass is 32.2. The van der Waals surface area contributed by atoms with Gasteiger partial charge >= 0.3 is 0 Å². The van der Waals surface area contributed by atoms with Gasteiger partial charge in [-0.05, 0) is 31.5 Å². The van der Waals surface area contributed by atoms with E-state index in [9.17, 15) is 21.6 Å². The van der Waals surface area contributed by atoms with E-state index in [1.165, 1.54) is 32.2 Å². The fourth-order valence-corrected chi connectivity index (χ4v) is 6.26. The first-order chi connectivity index (χ1) is 11.0. The van der Waals surface area contributed by atoms with Crippen molar-refractivity contribution in [3.8, 4) is 5.75 Å². The molecule has 1 aliphatic rings. The summed E-state index contributed by atoms with van der Waals surface area (Å²) >= 11 is 0. The molecule has 1 aromatic rings. The Morgan fingerprint density at radius 3 is 2.50 bits per heavy atom. The van der Waals surface area contributed by atoms with Gasteiger partial charge in [-0.3, -0.25) is 4.79 Å². The van der Waals surface area contributed by atoms with Gasteiger partial charge in [-0.1, -0.05) is 0 Å². The van der Waals surface area contributed by atoms with Crippen molar-refractivity contribution in [2.75, 3.05) is 23.9 Å². The molecule has 1 aromatic carbocycles. The molecule has 0 saturated carbocycles. The second-order valence-corrected chi connectivity index (χ2v) is 9.92. The van der Waals surface area contributed by atoms with Crippen molar-refractivity contribution >= 4 is 31.5 Å². The number of hydrogen-bond donors (Lipinski definition) is 2. The summed E-state index contributed by atoms with van der Waals surface area (Å²) in [5.41, 5.74) is -0.830. The van der Waals surface area contributed by atoms with Crippen LogP contribution in [0.1, 0.15) is 20.3 Å². The van der Waals surface area contributed by atoms with Crippen LogP contribution in [0.5, 0.6) is 5.75 Å². The van der Waals surface area contributed by atoms with Crippen molar-refractivity contribution in [2.24, 2.45) is 0 Å². The van der Waals surface area contributed by atoms with Crippen LogP contribution in [0.4, 0.5) is 5.69 Å². The first-order valence-electron chi connectivity index (χ1n) is 7.16. The third-order valence-corrected chi connectivity index (χ3v) is 7.22. The van der Waals surface area contributed by atoms with Crippen LogP contribution in [-0.2, 0) is 24.7 Å². The molecule has 1 saturated heterocycles. The third kappa shape index (κ3) is 4.25. The van der Waals surface area contributed by atoms with E-state index in [2.05, 4.69) is 10.0 Å². The van der Waals surface area contributed by atoms with Gasteiger partial charge in [-0.15, -0.1) is 0 Å². The zero-order valence-electron chi connectivity index (χ0n) is 13.6. The summed E-state index contributed by atoms with van der Waals surface area (Å²) in [5.74, 6) is -0.344. The van der Waals surface area contributed by atoms with Crippen molar-refractivity contribution in [3.63, 3.8) is 0 Å². The van der Waals surface area contributed by atoms with Crippen LogP contribution in [-0.4, -0.2) is 46.9 Å². The van der Waals surface area contributed by atoms with Crippen molar-refractivity contribution in [3.05, 3.63) is 18.2 Å². The standard InChI is InChI=1S/C14H20N2O6S2/c1-10(17)15-12-8-11(4-5-13(12)22-3)24(20,21)16-14(2)6-7-23(18,19)9-14/h4-5,8,16H,6-7,9H2,1-3H3,(H,15,17)/t14-/m0/s1. The lowest BCUT2D eigenvalue weighted by molar-refractivity contribution is -0.114. The topological polar surface area (TPSA) is 119 Å². The van der Waals surface area contributed by atoms with Gasteiger partial charge in [0.15, 0.2) is 9.84 Å². The Kier molecular flexibility index (Phi) is 4.93. The Balaban J connectivity index is 2.34. The zero-order chi connectivity index (χ0) is 18.2. The van der Waals surface area contributed by atoms with E-state index in [1.54, 1.807) is 6.92 Å². The van der Waals surface area contributed by atoms with E-state index in [0.717, 1.165) is 0 Å². The van der Waals surface area contributed by atoms with E-state index in [1.807, 2.05) is 0 Å². The maximum Gasteiger partial charge on any atom is 0.241 e. The lowest BCUT2D eigenvalue weighted by Gasteiger charge is -2.24. The molecule has 2 rings (SSSR count). The first-order valence-corrected chi connectivity index (χ1v) is 10.5. The summed E-state index contributed by atoms with van der Waals surface area (Å²) in [6.07, 6.45) is 0.212. The number of carbonyl (C=O) groups is 1. The molecule has 0 aromatic heterocycles. The Bertz CT molecular complexity index is 863. The minimum absolute atomic E-state index is 0.0498. The maximum atomic E-state index is 12.6. The Morgan fingerprint density at radius 2 is 2.00 bits per heavy atom. The molecule has 1 heterocycles. The molecular weight excluding hydrogens is 356 g/mol. The number of amides is 1. The monoisotopic (exact) mass is 376 g/mol. The number of benzene rings is 1. The molecule has 8 nitrogen and oxygen atoms in total. The van der Waals surface area contributed by atoms with Crippen LogP contribution >= 0.6 is 0 Å². The van der Waals surface area contributed by atoms with E-state index < -0.39 is 25.4 Å². The molecular formula is C14H20N2O6S2. The lowest BCUT2D eigenvalue weighted by atomic mass is 10.0. The van der Waals surface area contributed by atoms with Crippen LogP contribution < -0.4 is 14.8 Å². The number of carbonyl (C=O) groups excluding carboxylic acids is 1. The molecule has 1 amide bonds. The molecule has 0 radical (unpaired) electrons. The summed E-state index contributed by atoms with van der Waals surface area (Å²) in [5, 5.41) is 2.50. The minimum atomic E-state index is -3.96. The number of hydrogen-bond acceptors (Lipinski definition) is 6. The number of anilines is 1. The average molecular weight is 376 g/mol. The van der Waals surface area contributed by atoms with Gasteiger partial charge in [0.25, 0.3) is 0 Å². The van der Waals surface area contributed by atoms with Crippen LogP contribution in [0.2, 0.25) is 0 Å².